The van der Waals surface area contributed by atoms with Crippen LogP contribution in [-0.2, 0) is 13.6 Å². The molecule has 0 aliphatic rings. The molecule has 0 fully saturated rings. The Hall–Kier alpha value is -2.49. The van der Waals surface area contributed by atoms with Gasteiger partial charge in [0, 0.05) is 25.4 Å². The molecular weight excluding hydrogens is 286 g/mol. The van der Waals surface area contributed by atoms with Crippen LogP contribution in [0.25, 0.3) is 0 Å². The lowest BCUT2D eigenvalue weighted by molar-refractivity contribution is 0.458. The Balaban J connectivity index is 2.32. The van der Waals surface area contributed by atoms with Crippen molar-refractivity contribution in [2.45, 2.75) is 13.5 Å². The van der Waals surface area contributed by atoms with Crippen LogP contribution in [0.1, 0.15) is 17.0 Å². The molecule has 1 heterocycles. The van der Waals surface area contributed by atoms with E-state index >= 15 is 0 Å². The van der Waals surface area contributed by atoms with Crippen LogP contribution in [0.4, 0.5) is 23.2 Å². The number of hydrogen-bond acceptors (Lipinski definition) is 2. The lowest BCUT2D eigenvalue weighted by Crippen LogP contribution is -2.08. The third kappa shape index (κ3) is 2.57. The average molecular weight is 297 g/mol. The van der Waals surface area contributed by atoms with Gasteiger partial charge in [0.2, 0.25) is 0 Å². The van der Waals surface area contributed by atoms with Crippen molar-refractivity contribution in [3.05, 3.63) is 52.4 Å². The number of hydrogen-bond donors (Lipinski definition) is 1. The van der Waals surface area contributed by atoms with Crippen LogP contribution < -0.4 is 5.32 Å². The molecule has 7 heteroatoms. The first kappa shape index (κ1) is 14.9. The second-order valence-electron chi connectivity index (χ2n) is 4.51. The first-order chi connectivity index (χ1) is 9.86. The Kier molecular flexibility index (Phi) is 3.89. The van der Waals surface area contributed by atoms with Gasteiger partial charge in [-0.05, 0) is 18.6 Å². The largest absolute Gasteiger partial charge is 0.376 e. The summed E-state index contributed by atoms with van der Waals surface area (Å²) in [6, 6.07) is 3.65. The van der Waals surface area contributed by atoms with E-state index in [1.165, 1.54) is 6.07 Å². The van der Waals surface area contributed by atoms with E-state index < -0.39 is 29.0 Å². The quantitative estimate of drug-likeness (QED) is 0.697. The fourth-order valence-electron chi connectivity index (χ4n) is 1.96. The molecule has 1 aromatic heterocycles. The van der Waals surface area contributed by atoms with Crippen LogP contribution in [0.2, 0.25) is 0 Å². The van der Waals surface area contributed by atoms with Gasteiger partial charge in [0.15, 0.2) is 23.3 Å². The third-order valence-electron chi connectivity index (χ3n) is 3.32. The van der Waals surface area contributed by atoms with Gasteiger partial charge in [0.25, 0.3) is 0 Å². The summed E-state index contributed by atoms with van der Waals surface area (Å²) in [6.45, 7) is 1.65. The Morgan fingerprint density at radius 2 is 1.71 bits per heavy atom. The maximum Gasteiger partial charge on any atom is 0.185 e. The number of anilines is 1. The Labute approximate surface area is 118 Å². The predicted octanol–water partition coefficient (Wildman–Crippen LogP) is 3.37. The van der Waals surface area contributed by atoms with Crippen LogP contribution in [0, 0.1) is 41.5 Å². The molecule has 0 atom stereocenters. The first-order valence-electron chi connectivity index (χ1n) is 5.99. The Bertz CT molecular complexity index is 718. The molecule has 0 unspecified atom stereocenters. The summed E-state index contributed by atoms with van der Waals surface area (Å²) in [7, 11) is 1.67. The van der Waals surface area contributed by atoms with Crippen LogP contribution in [0.3, 0.4) is 0 Å². The molecule has 0 bridgehead atoms. The molecule has 0 saturated carbocycles. The molecule has 110 valence electrons. The van der Waals surface area contributed by atoms with Gasteiger partial charge in [0.05, 0.1) is 0 Å². The van der Waals surface area contributed by atoms with Crippen molar-refractivity contribution in [2.75, 3.05) is 5.32 Å². The minimum absolute atomic E-state index is 0.0713. The maximum atomic E-state index is 13.5. The number of nitrogens with one attached hydrogen (secondary N) is 1. The predicted molar refractivity (Wildman–Crippen MR) is 68.5 cm³/mol. The summed E-state index contributed by atoms with van der Waals surface area (Å²) in [5, 5.41) is 11.2. The van der Waals surface area contributed by atoms with Gasteiger partial charge in [-0.1, -0.05) is 0 Å². The number of aromatic nitrogens is 1. The van der Waals surface area contributed by atoms with Gasteiger partial charge in [-0.25, -0.2) is 17.6 Å². The van der Waals surface area contributed by atoms with Crippen LogP contribution in [0.15, 0.2) is 12.1 Å². The molecule has 0 saturated heterocycles. The highest BCUT2D eigenvalue weighted by Gasteiger charge is 2.19. The fraction of sp³-hybridized carbons (Fsp3) is 0.214. The van der Waals surface area contributed by atoms with Crippen molar-refractivity contribution in [1.29, 1.82) is 5.26 Å². The van der Waals surface area contributed by atoms with Crippen molar-refractivity contribution in [3.8, 4) is 6.07 Å². The van der Waals surface area contributed by atoms with Crippen molar-refractivity contribution in [3.63, 3.8) is 0 Å². The molecule has 0 aliphatic heterocycles. The number of benzene rings is 1. The summed E-state index contributed by atoms with van der Waals surface area (Å²) in [5.74, 6) is -5.91. The number of nitriles is 1. The highest BCUT2D eigenvalue weighted by molar-refractivity contribution is 5.48. The molecular formula is C14H11F4N3. The van der Waals surface area contributed by atoms with E-state index in [0.717, 1.165) is 0 Å². The van der Waals surface area contributed by atoms with E-state index in [-0.39, 0.29) is 12.6 Å². The molecule has 1 aromatic carbocycles. The Morgan fingerprint density at radius 1 is 1.14 bits per heavy atom. The molecule has 0 spiro atoms. The lowest BCUT2D eigenvalue weighted by Gasteiger charge is -2.10. The molecule has 0 aliphatic carbocycles. The van der Waals surface area contributed by atoms with Crippen LogP contribution in [0.5, 0.6) is 0 Å². The molecule has 3 nitrogen and oxygen atoms in total. The SMILES string of the molecule is Cc1c(CNc2c(F)c(F)cc(F)c2F)cc(C#N)n1C. The second-order valence-corrected chi connectivity index (χ2v) is 4.51. The van der Waals surface area contributed by atoms with Gasteiger partial charge in [-0.3, -0.25) is 0 Å². The minimum Gasteiger partial charge on any atom is -0.376 e. The number of nitrogens with zero attached hydrogens (tertiary/aromatic N) is 2. The van der Waals surface area contributed by atoms with Crippen molar-refractivity contribution in [1.82, 2.24) is 4.57 Å². The molecule has 21 heavy (non-hydrogen) atoms. The van der Waals surface area contributed by atoms with E-state index in [1.807, 2.05) is 6.07 Å². The second kappa shape index (κ2) is 5.48. The Morgan fingerprint density at radius 3 is 2.19 bits per heavy atom. The number of rotatable bonds is 3. The van der Waals surface area contributed by atoms with E-state index in [9.17, 15) is 17.6 Å². The van der Waals surface area contributed by atoms with E-state index in [0.29, 0.717) is 17.0 Å². The molecule has 2 aromatic rings. The van der Waals surface area contributed by atoms with Gasteiger partial charge in [-0.15, -0.1) is 0 Å². The highest BCUT2D eigenvalue weighted by atomic mass is 19.2. The topological polar surface area (TPSA) is 40.8 Å². The zero-order valence-corrected chi connectivity index (χ0v) is 11.3. The van der Waals surface area contributed by atoms with Crippen LogP contribution in [-0.4, -0.2) is 4.57 Å². The zero-order chi connectivity index (χ0) is 15.7. The average Bonchev–Trinajstić information content (AvgIpc) is 2.73. The maximum absolute atomic E-state index is 13.5. The van der Waals surface area contributed by atoms with Gasteiger partial charge in [-0.2, -0.15) is 5.26 Å². The van der Waals surface area contributed by atoms with Crippen LogP contribution >= 0.6 is 0 Å². The van der Waals surface area contributed by atoms with Crippen molar-refractivity contribution >= 4 is 5.69 Å². The first-order valence-corrected chi connectivity index (χ1v) is 5.99. The molecule has 0 radical (unpaired) electrons. The third-order valence-corrected chi connectivity index (χ3v) is 3.32. The van der Waals surface area contributed by atoms with Gasteiger partial charge in [0.1, 0.15) is 17.5 Å². The number of halogens is 4. The standard InChI is InChI=1S/C14H11F4N3/c1-7-8(3-9(5-19)21(7)2)6-20-14-12(17)10(15)4-11(16)13(14)18/h3-4,20H,6H2,1-2H3. The van der Waals surface area contributed by atoms with Gasteiger partial charge >= 0.3 is 0 Å². The summed E-state index contributed by atoms with van der Waals surface area (Å²) in [4.78, 5) is 0. The minimum atomic E-state index is -1.48. The van der Waals surface area contributed by atoms with E-state index in [4.69, 9.17) is 5.26 Å². The summed E-state index contributed by atoms with van der Waals surface area (Å²) >= 11 is 0. The summed E-state index contributed by atoms with van der Waals surface area (Å²) in [6.07, 6.45) is 0. The monoisotopic (exact) mass is 297 g/mol. The smallest absolute Gasteiger partial charge is 0.185 e. The lowest BCUT2D eigenvalue weighted by atomic mass is 10.2. The molecule has 1 N–H and O–H groups in total. The summed E-state index contributed by atoms with van der Waals surface area (Å²) in [5.41, 5.74) is 0.805. The normalized spacial score (nSPS) is 10.5. The molecule has 0 amide bonds. The zero-order valence-electron chi connectivity index (χ0n) is 11.3. The van der Waals surface area contributed by atoms with E-state index in [1.54, 1.807) is 18.5 Å². The highest BCUT2D eigenvalue weighted by Crippen LogP contribution is 2.25. The van der Waals surface area contributed by atoms with Crippen molar-refractivity contribution in [2.24, 2.45) is 7.05 Å². The molecule has 2 rings (SSSR count). The van der Waals surface area contributed by atoms with E-state index in [2.05, 4.69) is 5.32 Å². The van der Waals surface area contributed by atoms with Gasteiger partial charge < -0.3 is 9.88 Å². The van der Waals surface area contributed by atoms with Crippen molar-refractivity contribution < 1.29 is 17.6 Å². The fourth-order valence-corrected chi connectivity index (χ4v) is 1.96. The summed E-state index contributed by atoms with van der Waals surface area (Å²) < 4.78 is 54.8.